The summed E-state index contributed by atoms with van der Waals surface area (Å²) in [5, 5.41) is 13.6. The van der Waals surface area contributed by atoms with Crippen LogP contribution in [0.5, 0.6) is 0 Å². The van der Waals surface area contributed by atoms with Gasteiger partial charge in [-0.05, 0) is 44.1 Å². The lowest BCUT2D eigenvalue weighted by molar-refractivity contribution is 0.392. The van der Waals surface area contributed by atoms with Crippen molar-refractivity contribution in [1.29, 1.82) is 0 Å². The van der Waals surface area contributed by atoms with Crippen LogP contribution in [0.1, 0.15) is 36.8 Å². The number of hydrogen-bond acceptors (Lipinski definition) is 4. The van der Waals surface area contributed by atoms with Crippen molar-refractivity contribution in [1.82, 2.24) is 25.4 Å². The molecule has 6 nitrogen and oxygen atoms in total. The standard InChI is InChI=1S/C18H28N6S/c1-4-19-18(20-11-13(2)10-16-6-5-9-25-16)22-15-7-8-17-21-14(3)23-24(17)12-15/h5-6,9,13,15H,4,7-8,10-12H2,1-3H3,(H2,19,20,22). The van der Waals surface area contributed by atoms with Crippen molar-refractivity contribution in [2.24, 2.45) is 10.9 Å². The van der Waals surface area contributed by atoms with Crippen molar-refractivity contribution in [2.45, 2.75) is 52.6 Å². The molecule has 2 atom stereocenters. The van der Waals surface area contributed by atoms with Crippen LogP contribution in [0.3, 0.4) is 0 Å². The Morgan fingerprint density at radius 2 is 2.40 bits per heavy atom. The monoisotopic (exact) mass is 360 g/mol. The van der Waals surface area contributed by atoms with Gasteiger partial charge in [-0.2, -0.15) is 5.10 Å². The minimum atomic E-state index is 0.346. The van der Waals surface area contributed by atoms with Gasteiger partial charge < -0.3 is 10.6 Å². The molecule has 2 aromatic rings. The molecular formula is C18H28N6S. The van der Waals surface area contributed by atoms with Gasteiger partial charge in [0.15, 0.2) is 5.96 Å². The molecular weight excluding hydrogens is 332 g/mol. The lowest BCUT2D eigenvalue weighted by Crippen LogP contribution is -2.47. The summed E-state index contributed by atoms with van der Waals surface area (Å²) >= 11 is 1.82. The van der Waals surface area contributed by atoms with Crippen molar-refractivity contribution in [3.63, 3.8) is 0 Å². The Morgan fingerprint density at radius 1 is 1.52 bits per heavy atom. The van der Waals surface area contributed by atoms with E-state index in [2.05, 4.69) is 52.1 Å². The average molecular weight is 361 g/mol. The van der Waals surface area contributed by atoms with E-state index in [0.717, 1.165) is 56.5 Å². The number of hydrogen-bond donors (Lipinski definition) is 2. The summed E-state index contributed by atoms with van der Waals surface area (Å²) in [5.41, 5.74) is 0. The first-order valence-corrected chi connectivity index (χ1v) is 9.99. The van der Waals surface area contributed by atoms with Gasteiger partial charge in [0.1, 0.15) is 11.6 Å². The van der Waals surface area contributed by atoms with Crippen molar-refractivity contribution < 1.29 is 0 Å². The molecule has 3 rings (SSSR count). The van der Waals surface area contributed by atoms with Crippen LogP contribution in [-0.4, -0.2) is 39.9 Å². The Morgan fingerprint density at radius 3 is 3.16 bits per heavy atom. The number of aromatic nitrogens is 3. The molecule has 2 N–H and O–H groups in total. The van der Waals surface area contributed by atoms with E-state index in [1.165, 1.54) is 4.88 Å². The lowest BCUT2D eigenvalue weighted by atomic mass is 10.1. The SMILES string of the molecule is CCNC(=NCC(C)Cc1cccs1)NC1CCc2nc(C)nn2C1. The minimum absolute atomic E-state index is 0.346. The molecule has 3 heterocycles. The fraction of sp³-hybridized carbons (Fsp3) is 0.611. The van der Waals surface area contributed by atoms with E-state index in [0.29, 0.717) is 12.0 Å². The molecule has 1 aliphatic rings. The fourth-order valence-electron chi connectivity index (χ4n) is 3.15. The summed E-state index contributed by atoms with van der Waals surface area (Å²) in [4.78, 5) is 10.7. The normalized spacial score (nSPS) is 18.7. The molecule has 2 aromatic heterocycles. The van der Waals surface area contributed by atoms with Crippen LogP contribution < -0.4 is 10.6 Å². The number of aryl methyl sites for hydroxylation is 2. The molecule has 25 heavy (non-hydrogen) atoms. The smallest absolute Gasteiger partial charge is 0.191 e. The number of nitrogens with zero attached hydrogens (tertiary/aromatic N) is 4. The van der Waals surface area contributed by atoms with Crippen molar-refractivity contribution in [3.8, 4) is 0 Å². The zero-order chi connectivity index (χ0) is 17.6. The molecule has 0 amide bonds. The number of nitrogens with one attached hydrogen (secondary N) is 2. The topological polar surface area (TPSA) is 67.1 Å². The predicted octanol–water partition coefficient (Wildman–Crippen LogP) is 2.40. The third kappa shape index (κ3) is 5.04. The largest absolute Gasteiger partial charge is 0.357 e. The van der Waals surface area contributed by atoms with Crippen LogP contribution in [0.25, 0.3) is 0 Å². The quantitative estimate of drug-likeness (QED) is 0.613. The molecule has 0 fully saturated rings. The van der Waals surface area contributed by atoms with Crippen LogP contribution >= 0.6 is 11.3 Å². The van der Waals surface area contributed by atoms with Crippen LogP contribution in [0, 0.1) is 12.8 Å². The number of thiophene rings is 1. The Balaban J connectivity index is 1.55. The van der Waals surface area contributed by atoms with Crippen LogP contribution in [0.15, 0.2) is 22.5 Å². The van der Waals surface area contributed by atoms with Crippen molar-refractivity contribution >= 4 is 17.3 Å². The summed E-state index contributed by atoms with van der Waals surface area (Å²) in [5.74, 6) is 3.40. The highest BCUT2D eigenvalue weighted by Crippen LogP contribution is 2.15. The second kappa shape index (κ2) is 8.47. The molecule has 0 spiro atoms. The van der Waals surface area contributed by atoms with Gasteiger partial charge in [0, 0.05) is 30.4 Å². The summed E-state index contributed by atoms with van der Waals surface area (Å²) in [6, 6.07) is 4.66. The summed E-state index contributed by atoms with van der Waals surface area (Å²) < 4.78 is 2.03. The second-order valence-corrected chi connectivity index (χ2v) is 7.78. The van der Waals surface area contributed by atoms with E-state index in [1.54, 1.807) is 0 Å². The Kier molecular flexibility index (Phi) is 6.07. The number of rotatable bonds is 6. The molecule has 0 aromatic carbocycles. The Labute approximate surface area is 153 Å². The Bertz CT molecular complexity index is 690. The highest BCUT2D eigenvalue weighted by atomic mass is 32.1. The van der Waals surface area contributed by atoms with Gasteiger partial charge in [-0.3, -0.25) is 4.99 Å². The zero-order valence-electron chi connectivity index (χ0n) is 15.3. The number of fused-ring (bicyclic) bond motifs is 1. The minimum Gasteiger partial charge on any atom is -0.357 e. The average Bonchev–Trinajstić information content (AvgIpc) is 3.21. The van der Waals surface area contributed by atoms with Crippen molar-refractivity contribution in [2.75, 3.05) is 13.1 Å². The van der Waals surface area contributed by atoms with E-state index in [9.17, 15) is 0 Å². The maximum atomic E-state index is 4.80. The first-order chi connectivity index (χ1) is 12.1. The molecule has 136 valence electrons. The van der Waals surface area contributed by atoms with E-state index < -0.39 is 0 Å². The van der Waals surface area contributed by atoms with Crippen LogP contribution in [-0.2, 0) is 19.4 Å². The molecule has 0 aliphatic carbocycles. The first kappa shape index (κ1) is 17.9. The molecule has 7 heteroatoms. The number of guanidine groups is 1. The molecule has 0 radical (unpaired) electrons. The summed E-state index contributed by atoms with van der Waals surface area (Å²) in [6.45, 7) is 8.86. The summed E-state index contributed by atoms with van der Waals surface area (Å²) in [7, 11) is 0. The number of aliphatic imine (C=N–C) groups is 1. The third-order valence-electron chi connectivity index (χ3n) is 4.34. The summed E-state index contributed by atoms with van der Waals surface area (Å²) in [6.07, 6.45) is 3.12. The van der Waals surface area contributed by atoms with Gasteiger partial charge in [-0.1, -0.05) is 13.0 Å². The predicted molar refractivity (Wildman–Crippen MR) is 103 cm³/mol. The molecule has 1 aliphatic heterocycles. The van der Waals surface area contributed by atoms with E-state index in [-0.39, 0.29) is 0 Å². The van der Waals surface area contributed by atoms with E-state index in [4.69, 9.17) is 4.99 Å². The van der Waals surface area contributed by atoms with E-state index in [1.807, 2.05) is 22.9 Å². The van der Waals surface area contributed by atoms with Gasteiger partial charge >= 0.3 is 0 Å². The first-order valence-electron chi connectivity index (χ1n) is 9.11. The molecule has 0 bridgehead atoms. The maximum absolute atomic E-state index is 4.80. The van der Waals surface area contributed by atoms with Gasteiger partial charge in [-0.15, -0.1) is 11.3 Å². The fourth-order valence-corrected chi connectivity index (χ4v) is 4.02. The van der Waals surface area contributed by atoms with Gasteiger partial charge in [0.2, 0.25) is 0 Å². The molecule has 0 saturated heterocycles. The van der Waals surface area contributed by atoms with Gasteiger partial charge in [0.25, 0.3) is 0 Å². The van der Waals surface area contributed by atoms with Crippen molar-refractivity contribution in [3.05, 3.63) is 34.0 Å². The second-order valence-electron chi connectivity index (χ2n) is 6.75. The Hall–Kier alpha value is -1.89. The lowest BCUT2D eigenvalue weighted by Gasteiger charge is -2.25. The van der Waals surface area contributed by atoms with E-state index >= 15 is 0 Å². The third-order valence-corrected chi connectivity index (χ3v) is 5.24. The highest BCUT2D eigenvalue weighted by Gasteiger charge is 2.21. The highest BCUT2D eigenvalue weighted by molar-refractivity contribution is 7.09. The zero-order valence-corrected chi connectivity index (χ0v) is 16.1. The van der Waals surface area contributed by atoms with Gasteiger partial charge in [-0.25, -0.2) is 9.67 Å². The maximum Gasteiger partial charge on any atom is 0.191 e. The van der Waals surface area contributed by atoms with Crippen LogP contribution in [0.2, 0.25) is 0 Å². The molecule has 2 unspecified atom stereocenters. The van der Waals surface area contributed by atoms with Gasteiger partial charge in [0.05, 0.1) is 6.54 Å². The van der Waals surface area contributed by atoms with Crippen LogP contribution in [0.4, 0.5) is 0 Å². The molecule has 0 saturated carbocycles.